The largest absolute Gasteiger partial charge is 0.382 e. The molecule has 1 N–H and O–H groups in total. The molecule has 3 heterocycles. The second-order valence-corrected chi connectivity index (χ2v) is 13.6. The molecular formula is C35H40N6O. The Bertz CT molecular complexity index is 1620. The number of benzene rings is 1. The lowest BCUT2D eigenvalue weighted by Crippen LogP contribution is -2.51. The van der Waals surface area contributed by atoms with Gasteiger partial charge in [-0.25, -0.2) is 4.52 Å². The first kappa shape index (κ1) is 27.1. The van der Waals surface area contributed by atoms with Crippen LogP contribution in [0.2, 0.25) is 0 Å². The van der Waals surface area contributed by atoms with Gasteiger partial charge in [-0.1, -0.05) is 31.9 Å². The second-order valence-electron chi connectivity index (χ2n) is 13.6. The zero-order valence-electron chi connectivity index (χ0n) is 24.9. The Morgan fingerprint density at radius 3 is 2.55 bits per heavy atom. The normalized spacial score (nSPS) is 28.6. The van der Waals surface area contributed by atoms with E-state index in [9.17, 15) is 10.1 Å². The van der Waals surface area contributed by atoms with Crippen molar-refractivity contribution in [2.45, 2.75) is 78.2 Å². The molecule has 42 heavy (non-hydrogen) atoms. The van der Waals surface area contributed by atoms with Crippen molar-refractivity contribution in [1.29, 1.82) is 5.26 Å². The number of hydrogen-bond donors (Lipinski definition) is 1. The zero-order valence-corrected chi connectivity index (χ0v) is 24.9. The summed E-state index contributed by atoms with van der Waals surface area (Å²) in [4.78, 5) is 13.4. The summed E-state index contributed by atoms with van der Waals surface area (Å²) in [7, 11) is 0. The number of fused-ring (bicyclic) bond motifs is 3. The Morgan fingerprint density at radius 1 is 1.02 bits per heavy atom. The molecule has 1 aromatic carbocycles. The molecule has 4 saturated carbocycles. The van der Waals surface area contributed by atoms with Crippen molar-refractivity contribution in [3.63, 3.8) is 0 Å². The van der Waals surface area contributed by atoms with Crippen molar-refractivity contribution >= 4 is 28.4 Å². The van der Waals surface area contributed by atoms with Crippen LogP contribution in [-0.4, -0.2) is 32.9 Å². The number of carbonyl (C=O) groups is 1. The van der Waals surface area contributed by atoms with Crippen molar-refractivity contribution in [2.24, 2.45) is 45.7 Å². The molecule has 7 heteroatoms. The fourth-order valence-electron chi connectivity index (χ4n) is 8.14. The molecule has 1 aliphatic heterocycles. The van der Waals surface area contributed by atoms with E-state index < -0.39 is 0 Å². The quantitative estimate of drug-likeness (QED) is 0.328. The van der Waals surface area contributed by atoms with E-state index in [0.29, 0.717) is 40.9 Å². The number of anilines is 1. The number of aromatic nitrogens is 2. The summed E-state index contributed by atoms with van der Waals surface area (Å²) in [5, 5.41) is 26.8. The Balaban J connectivity index is 1.05. The van der Waals surface area contributed by atoms with Crippen LogP contribution in [0.1, 0.15) is 83.3 Å². The number of nitrogens with one attached hydrogen (secondary N) is 1. The van der Waals surface area contributed by atoms with Gasteiger partial charge in [-0.15, -0.1) is 0 Å². The van der Waals surface area contributed by atoms with Gasteiger partial charge in [-0.2, -0.15) is 20.6 Å². The predicted molar refractivity (Wildman–Crippen MR) is 167 cm³/mol. The summed E-state index contributed by atoms with van der Waals surface area (Å²) >= 11 is 0. The van der Waals surface area contributed by atoms with Gasteiger partial charge in [-0.3, -0.25) is 4.79 Å². The van der Waals surface area contributed by atoms with Gasteiger partial charge in [0, 0.05) is 52.7 Å². The summed E-state index contributed by atoms with van der Waals surface area (Å²) < 4.78 is 1.88. The van der Waals surface area contributed by atoms with Gasteiger partial charge in [0.15, 0.2) is 0 Å². The predicted octanol–water partition coefficient (Wildman–Crippen LogP) is 7.30. The van der Waals surface area contributed by atoms with Gasteiger partial charge in [0.1, 0.15) is 11.9 Å². The van der Waals surface area contributed by atoms with Gasteiger partial charge >= 0.3 is 0 Å². The Kier molecular flexibility index (Phi) is 6.96. The maximum absolute atomic E-state index is 13.4. The van der Waals surface area contributed by atoms with E-state index in [0.717, 1.165) is 71.8 Å². The lowest BCUT2D eigenvalue weighted by atomic mass is 9.51. The van der Waals surface area contributed by atoms with Gasteiger partial charge in [0.25, 0.3) is 0 Å². The highest BCUT2D eigenvalue weighted by molar-refractivity contribution is 6.18. The standard InChI is InChI=1S/C35H40N6O/c1-20(2)38-31-16-24(33-11-9-28-12-22(18-36)19-37-41(28)33)8-10-29(31)32-17-30(39-40-32)25-13-26-15-27(14-25)34(26)35(42)23-6-4-21(3)5-7-23/h8-12,16,19-21,23,25-27,34,38H,4-7,13-15,17H2,1-3H3. The topological polar surface area (TPSA) is 94.9 Å². The molecule has 0 saturated heterocycles. The SMILES string of the molecule is CC1CCC(C(=O)C2C3CC(C4=NN=C(c5ccc(-c6ccc7cc(C#N)cnn67)cc5NC(C)C)C4)CC2C3)CC1. The second kappa shape index (κ2) is 10.8. The average Bonchev–Trinajstić information content (AvgIpc) is 3.65. The number of nitriles is 1. The van der Waals surface area contributed by atoms with Crippen molar-refractivity contribution < 1.29 is 4.79 Å². The lowest BCUT2D eigenvalue weighted by molar-refractivity contribution is -0.142. The summed E-state index contributed by atoms with van der Waals surface area (Å²) in [5.74, 6) is 3.53. The molecule has 0 radical (unpaired) electrons. The molecule has 216 valence electrons. The summed E-state index contributed by atoms with van der Waals surface area (Å²) in [6.45, 7) is 6.62. The molecule has 7 nitrogen and oxygen atoms in total. The van der Waals surface area contributed by atoms with E-state index in [1.54, 1.807) is 6.20 Å². The van der Waals surface area contributed by atoms with Crippen LogP contribution in [0.25, 0.3) is 16.8 Å². The van der Waals surface area contributed by atoms with Crippen molar-refractivity contribution in [3.05, 3.63) is 53.7 Å². The van der Waals surface area contributed by atoms with Crippen LogP contribution < -0.4 is 5.32 Å². The van der Waals surface area contributed by atoms with Gasteiger partial charge in [-0.05, 0) is 88.0 Å². The van der Waals surface area contributed by atoms with Crippen LogP contribution in [0.3, 0.4) is 0 Å². The van der Waals surface area contributed by atoms with Crippen molar-refractivity contribution in [1.82, 2.24) is 9.61 Å². The van der Waals surface area contributed by atoms with E-state index in [1.807, 2.05) is 22.7 Å². The molecule has 8 rings (SSSR count). The van der Waals surface area contributed by atoms with Crippen molar-refractivity contribution in [2.75, 3.05) is 5.32 Å². The fourth-order valence-corrected chi connectivity index (χ4v) is 8.14. The Morgan fingerprint density at radius 2 is 1.81 bits per heavy atom. The molecule has 5 aliphatic rings. The third-order valence-electron chi connectivity index (χ3n) is 10.4. The smallest absolute Gasteiger partial charge is 0.139 e. The summed E-state index contributed by atoms with van der Waals surface area (Å²) in [6.07, 6.45) is 10.4. The van der Waals surface area contributed by atoms with E-state index in [1.165, 1.54) is 25.0 Å². The maximum Gasteiger partial charge on any atom is 0.139 e. The Labute approximate surface area is 248 Å². The highest BCUT2D eigenvalue weighted by Crippen LogP contribution is 2.55. The minimum atomic E-state index is 0.258. The van der Waals surface area contributed by atoms with E-state index in [-0.39, 0.29) is 6.04 Å². The van der Waals surface area contributed by atoms with Gasteiger partial charge < -0.3 is 5.32 Å². The average molecular weight is 561 g/mol. The molecule has 4 aliphatic carbocycles. The van der Waals surface area contributed by atoms with Gasteiger partial charge in [0.2, 0.25) is 0 Å². The Hall–Kier alpha value is -3.79. The lowest BCUT2D eigenvalue weighted by Gasteiger charge is -2.52. The third-order valence-corrected chi connectivity index (χ3v) is 10.4. The monoisotopic (exact) mass is 560 g/mol. The molecule has 3 aromatic rings. The van der Waals surface area contributed by atoms with E-state index in [4.69, 9.17) is 10.2 Å². The van der Waals surface area contributed by atoms with Crippen LogP contribution in [0.4, 0.5) is 5.69 Å². The number of nitrogens with zero attached hydrogens (tertiary/aromatic N) is 5. The molecule has 2 unspecified atom stereocenters. The first-order valence-electron chi connectivity index (χ1n) is 15.8. The fraction of sp³-hybridized carbons (Fsp3) is 0.514. The number of Topliss-reactive ketones (excluding diaryl/α,β-unsaturated/α-hetero) is 1. The maximum atomic E-state index is 13.4. The molecule has 4 fully saturated rings. The highest BCUT2D eigenvalue weighted by atomic mass is 16.1. The van der Waals surface area contributed by atoms with Crippen LogP contribution >= 0.6 is 0 Å². The minimum absolute atomic E-state index is 0.258. The minimum Gasteiger partial charge on any atom is -0.382 e. The zero-order chi connectivity index (χ0) is 29.0. The third kappa shape index (κ3) is 4.85. The number of ketones is 1. The highest BCUT2D eigenvalue weighted by Gasteiger charge is 2.52. The van der Waals surface area contributed by atoms with E-state index >= 15 is 0 Å². The molecule has 0 amide bonds. The molecule has 2 bridgehead atoms. The molecule has 2 aromatic heterocycles. The van der Waals surface area contributed by atoms with Gasteiger partial charge in [0.05, 0.1) is 28.7 Å². The van der Waals surface area contributed by atoms with Crippen LogP contribution in [0.15, 0.2) is 52.8 Å². The van der Waals surface area contributed by atoms with Crippen molar-refractivity contribution in [3.8, 4) is 17.3 Å². The summed E-state index contributed by atoms with van der Waals surface area (Å²) in [6, 6.07) is 14.8. The molecular weight excluding hydrogens is 520 g/mol. The molecule has 2 atom stereocenters. The first-order chi connectivity index (χ1) is 20.4. The first-order valence-corrected chi connectivity index (χ1v) is 15.8. The number of rotatable bonds is 7. The number of hydrogen-bond acceptors (Lipinski definition) is 6. The van der Waals surface area contributed by atoms with Crippen LogP contribution in [-0.2, 0) is 4.79 Å². The van der Waals surface area contributed by atoms with Crippen LogP contribution in [0, 0.1) is 46.8 Å². The number of carbonyl (C=O) groups excluding carboxylic acids is 1. The van der Waals surface area contributed by atoms with Crippen LogP contribution in [0.5, 0.6) is 0 Å². The summed E-state index contributed by atoms with van der Waals surface area (Å²) in [5.41, 5.74) is 7.82. The van der Waals surface area contributed by atoms with E-state index in [2.05, 4.69) is 55.5 Å². The molecule has 0 spiro atoms.